The van der Waals surface area contributed by atoms with Crippen LogP contribution in [0.25, 0.3) is 11.1 Å². The minimum absolute atomic E-state index is 0.0756. The summed E-state index contributed by atoms with van der Waals surface area (Å²) < 4.78 is 5.54. The quantitative estimate of drug-likeness (QED) is 0.537. The second-order valence-electron chi connectivity index (χ2n) is 8.18. The highest BCUT2D eigenvalue weighted by molar-refractivity contribution is 7.98. The molecule has 3 N–H and O–H groups in total. The standard InChI is InChI=1S/C24H26N2O5S/c1-32-13-10-20(21(27)26-24(11-12-24)22(28)29)25-23(30)31-14-19-17-8-4-2-6-15(17)16-7-3-5-9-18(16)19/h2-9,19-20H,10-14H2,1H3,(H,25,30)(H,26,27)(H,28,29)/t20-/m0/s1. The monoisotopic (exact) mass is 454 g/mol. The van der Waals surface area contributed by atoms with E-state index < -0.39 is 29.6 Å². The van der Waals surface area contributed by atoms with E-state index in [4.69, 9.17) is 4.74 Å². The highest BCUT2D eigenvalue weighted by Gasteiger charge is 2.52. The molecular formula is C24H26N2O5S. The van der Waals surface area contributed by atoms with Gasteiger partial charge in [-0.1, -0.05) is 48.5 Å². The third-order valence-electron chi connectivity index (χ3n) is 6.08. The van der Waals surface area contributed by atoms with E-state index in [-0.39, 0.29) is 12.5 Å². The fraction of sp³-hybridized carbons (Fsp3) is 0.375. The maximum absolute atomic E-state index is 12.7. The van der Waals surface area contributed by atoms with Crippen molar-refractivity contribution in [1.29, 1.82) is 0 Å². The number of rotatable bonds is 9. The first-order valence-corrected chi connectivity index (χ1v) is 12.0. The van der Waals surface area contributed by atoms with Crippen LogP contribution in [0.5, 0.6) is 0 Å². The molecule has 8 heteroatoms. The van der Waals surface area contributed by atoms with Gasteiger partial charge in [-0.3, -0.25) is 4.79 Å². The summed E-state index contributed by atoms with van der Waals surface area (Å²) in [5.41, 5.74) is 3.29. The van der Waals surface area contributed by atoms with E-state index in [2.05, 4.69) is 22.8 Å². The van der Waals surface area contributed by atoms with Crippen LogP contribution in [0.4, 0.5) is 4.79 Å². The first kappa shape index (κ1) is 22.2. The normalized spacial score (nSPS) is 16.4. The first-order chi connectivity index (χ1) is 15.4. The summed E-state index contributed by atoms with van der Waals surface area (Å²) in [6, 6.07) is 15.3. The number of fused-ring (bicyclic) bond motifs is 3. The molecule has 2 aliphatic carbocycles. The Bertz CT molecular complexity index is 991. The van der Waals surface area contributed by atoms with E-state index in [9.17, 15) is 19.5 Å². The van der Waals surface area contributed by atoms with Crippen LogP contribution in [0.1, 0.15) is 36.3 Å². The van der Waals surface area contributed by atoms with Gasteiger partial charge in [0, 0.05) is 5.92 Å². The maximum atomic E-state index is 12.7. The molecule has 168 valence electrons. The molecule has 0 aromatic heterocycles. The van der Waals surface area contributed by atoms with Gasteiger partial charge in [-0.25, -0.2) is 9.59 Å². The van der Waals surface area contributed by atoms with Crippen molar-refractivity contribution in [3.05, 3.63) is 59.7 Å². The Morgan fingerprint density at radius 3 is 2.22 bits per heavy atom. The molecule has 1 fully saturated rings. The Balaban J connectivity index is 1.40. The number of carboxylic acid groups (broad SMARTS) is 1. The highest BCUT2D eigenvalue weighted by atomic mass is 32.2. The average molecular weight is 455 g/mol. The Morgan fingerprint density at radius 1 is 1.09 bits per heavy atom. The van der Waals surface area contributed by atoms with Gasteiger partial charge in [-0.2, -0.15) is 11.8 Å². The minimum Gasteiger partial charge on any atom is -0.480 e. The summed E-state index contributed by atoms with van der Waals surface area (Å²) in [6.07, 6.45) is 2.39. The lowest BCUT2D eigenvalue weighted by Gasteiger charge is -2.21. The van der Waals surface area contributed by atoms with Gasteiger partial charge in [-0.15, -0.1) is 0 Å². The lowest BCUT2D eigenvalue weighted by molar-refractivity contribution is -0.143. The molecule has 0 heterocycles. The molecule has 2 aromatic carbocycles. The van der Waals surface area contributed by atoms with Gasteiger partial charge < -0.3 is 20.5 Å². The van der Waals surface area contributed by atoms with E-state index in [1.807, 2.05) is 42.7 Å². The zero-order valence-corrected chi connectivity index (χ0v) is 18.6. The van der Waals surface area contributed by atoms with Gasteiger partial charge in [0.1, 0.15) is 18.2 Å². The number of carbonyl (C=O) groups is 3. The van der Waals surface area contributed by atoms with Crippen molar-refractivity contribution in [1.82, 2.24) is 10.6 Å². The van der Waals surface area contributed by atoms with Crippen molar-refractivity contribution in [3.63, 3.8) is 0 Å². The van der Waals surface area contributed by atoms with E-state index in [1.165, 1.54) is 0 Å². The second-order valence-corrected chi connectivity index (χ2v) is 9.17. The van der Waals surface area contributed by atoms with Crippen LogP contribution in [-0.4, -0.2) is 53.3 Å². The number of hydrogen-bond donors (Lipinski definition) is 3. The summed E-state index contributed by atoms with van der Waals surface area (Å²) >= 11 is 1.54. The van der Waals surface area contributed by atoms with Crippen LogP contribution in [0.15, 0.2) is 48.5 Å². The van der Waals surface area contributed by atoms with E-state index >= 15 is 0 Å². The molecule has 1 atom stereocenters. The van der Waals surface area contributed by atoms with Crippen LogP contribution in [0.2, 0.25) is 0 Å². The molecular weight excluding hydrogens is 428 g/mol. The largest absolute Gasteiger partial charge is 0.480 e. The number of ether oxygens (including phenoxy) is 1. The summed E-state index contributed by atoms with van der Waals surface area (Å²) in [5.74, 6) is -0.974. The van der Waals surface area contributed by atoms with Gasteiger partial charge in [0.25, 0.3) is 0 Å². The molecule has 2 aromatic rings. The van der Waals surface area contributed by atoms with Gasteiger partial charge in [-0.05, 0) is 53.5 Å². The summed E-state index contributed by atoms with van der Waals surface area (Å²) in [4.78, 5) is 36.7. The number of carboxylic acids is 1. The third-order valence-corrected chi connectivity index (χ3v) is 6.73. The number of thioether (sulfide) groups is 1. The average Bonchev–Trinajstić information content (AvgIpc) is 3.51. The van der Waals surface area contributed by atoms with Gasteiger partial charge in [0.15, 0.2) is 0 Å². The van der Waals surface area contributed by atoms with Gasteiger partial charge in [0.05, 0.1) is 0 Å². The zero-order valence-electron chi connectivity index (χ0n) is 17.8. The van der Waals surface area contributed by atoms with E-state index in [0.717, 1.165) is 22.3 Å². The predicted octanol–water partition coefficient (Wildman–Crippen LogP) is 3.38. The molecule has 0 bridgehead atoms. The number of carbonyl (C=O) groups excluding carboxylic acids is 2. The number of hydrogen-bond acceptors (Lipinski definition) is 5. The molecule has 0 aliphatic heterocycles. The summed E-state index contributed by atoms with van der Waals surface area (Å²) in [6.45, 7) is 0.149. The van der Waals surface area contributed by atoms with Crippen LogP contribution < -0.4 is 10.6 Å². The molecule has 32 heavy (non-hydrogen) atoms. The number of benzene rings is 2. The second kappa shape index (κ2) is 9.24. The predicted molar refractivity (Wildman–Crippen MR) is 123 cm³/mol. The Kier molecular flexibility index (Phi) is 6.41. The van der Waals surface area contributed by atoms with Crippen LogP contribution in [0, 0.1) is 0 Å². The van der Waals surface area contributed by atoms with Crippen LogP contribution >= 0.6 is 11.8 Å². The molecule has 4 rings (SSSR count). The van der Waals surface area contributed by atoms with Crippen LogP contribution in [0.3, 0.4) is 0 Å². The van der Waals surface area contributed by atoms with Crippen molar-refractivity contribution >= 4 is 29.7 Å². The van der Waals surface area contributed by atoms with Crippen molar-refractivity contribution in [2.45, 2.75) is 36.8 Å². The molecule has 0 saturated heterocycles. The number of alkyl carbamates (subject to hydrolysis) is 1. The zero-order chi connectivity index (χ0) is 22.7. The fourth-order valence-electron chi connectivity index (χ4n) is 4.13. The number of aliphatic carboxylic acids is 1. The topological polar surface area (TPSA) is 105 Å². The molecule has 2 aliphatic rings. The van der Waals surface area contributed by atoms with Crippen molar-refractivity contribution < 1.29 is 24.2 Å². The lowest BCUT2D eigenvalue weighted by Crippen LogP contribution is -2.53. The maximum Gasteiger partial charge on any atom is 0.407 e. The Morgan fingerprint density at radius 2 is 1.69 bits per heavy atom. The SMILES string of the molecule is CSCC[C@H](NC(=O)OCC1c2ccccc2-c2ccccc21)C(=O)NC1(C(=O)O)CC1. The van der Waals surface area contributed by atoms with E-state index in [1.54, 1.807) is 11.8 Å². The summed E-state index contributed by atoms with van der Waals surface area (Å²) in [5, 5.41) is 14.5. The van der Waals surface area contributed by atoms with Gasteiger partial charge in [0.2, 0.25) is 5.91 Å². The van der Waals surface area contributed by atoms with Crippen molar-refractivity contribution in [3.8, 4) is 11.1 Å². The molecule has 7 nitrogen and oxygen atoms in total. The van der Waals surface area contributed by atoms with Crippen LogP contribution in [-0.2, 0) is 14.3 Å². The molecule has 1 saturated carbocycles. The molecule has 0 spiro atoms. The van der Waals surface area contributed by atoms with E-state index in [0.29, 0.717) is 25.0 Å². The number of nitrogens with one attached hydrogen (secondary N) is 2. The van der Waals surface area contributed by atoms with Gasteiger partial charge >= 0.3 is 12.1 Å². The minimum atomic E-state index is -1.20. The van der Waals surface area contributed by atoms with Crippen molar-refractivity contribution in [2.75, 3.05) is 18.6 Å². The fourth-order valence-corrected chi connectivity index (χ4v) is 4.60. The molecule has 2 amide bonds. The van der Waals surface area contributed by atoms with Crippen molar-refractivity contribution in [2.24, 2.45) is 0 Å². The smallest absolute Gasteiger partial charge is 0.407 e. The third kappa shape index (κ3) is 4.46. The summed E-state index contributed by atoms with van der Waals surface area (Å²) in [7, 11) is 0. The Hall–Kier alpha value is -3.00. The highest BCUT2D eigenvalue weighted by Crippen LogP contribution is 2.44. The molecule has 0 radical (unpaired) electrons. The first-order valence-electron chi connectivity index (χ1n) is 10.6. The number of amides is 2. The Labute approximate surface area is 190 Å². The lowest BCUT2D eigenvalue weighted by atomic mass is 9.98. The molecule has 0 unspecified atom stereocenters.